The summed E-state index contributed by atoms with van der Waals surface area (Å²) in [4.78, 5) is 13.1. The molecular weight excluding hydrogens is 312 g/mol. The van der Waals surface area contributed by atoms with Gasteiger partial charge in [-0.15, -0.1) is 0 Å². The molecule has 0 radical (unpaired) electrons. The number of ketones is 1. The van der Waals surface area contributed by atoms with Crippen LogP contribution in [0.5, 0.6) is 11.5 Å². The average molecular weight is 332 g/mol. The fraction of sp³-hybridized carbons (Fsp3) is 0.136. The van der Waals surface area contributed by atoms with Gasteiger partial charge in [0.2, 0.25) is 0 Å². The molecule has 3 rings (SSSR count). The zero-order valence-corrected chi connectivity index (χ0v) is 14.1. The normalized spacial score (nSPS) is 11.7. The van der Waals surface area contributed by atoms with Gasteiger partial charge >= 0.3 is 0 Å². The predicted molar refractivity (Wildman–Crippen MR) is 98.3 cm³/mol. The van der Waals surface area contributed by atoms with Gasteiger partial charge in [-0.2, -0.15) is 0 Å². The van der Waals surface area contributed by atoms with Gasteiger partial charge in [0.05, 0.1) is 13.0 Å². The third-order valence-electron chi connectivity index (χ3n) is 4.24. The number of phenolic OH excluding ortho intramolecular Hbond substituents is 1. The second-order valence-electron chi connectivity index (χ2n) is 5.93. The molecule has 1 atom stereocenters. The summed E-state index contributed by atoms with van der Waals surface area (Å²) in [5.74, 6) is 0.675. The van der Waals surface area contributed by atoms with Crippen LogP contribution in [0.2, 0.25) is 0 Å². The first-order valence-electron chi connectivity index (χ1n) is 8.18. The van der Waals surface area contributed by atoms with Crippen molar-refractivity contribution in [3.05, 3.63) is 95.6 Å². The Labute approximate surface area is 147 Å². The lowest BCUT2D eigenvalue weighted by atomic mass is 9.85. The zero-order chi connectivity index (χ0) is 17.6. The molecule has 0 fully saturated rings. The molecule has 3 aromatic rings. The number of ether oxygens (including phenoxy) is 1. The van der Waals surface area contributed by atoms with E-state index in [9.17, 15) is 9.90 Å². The molecule has 25 heavy (non-hydrogen) atoms. The number of Topliss-reactive ketones (excluding diaryl/α,β-unsaturated/α-hetero) is 1. The topological polar surface area (TPSA) is 46.5 Å². The lowest BCUT2D eigenvalue weighted by Gasteiger charge is -2.17. The third kappa shape index (κ3) is 4.07. The lowest BCUT2D eigenvalue weighted by Crippen LogP contribution is -2.15. The maximum atomic E-state index is 13.1. The summed E-state index contributed by atoms with van der Waals surface area (Å²) in [6.45, 7) is 0. The lowest BCUT2D eigenvalue weighted by molar-refractivity contribution is 0.0959. The van der Waals surface area contributed by atoms with Gasteiger partial charge in [-0.3, -0.25) is 4.79 Å². The maximum Gasteiger partial charge on any atom is 0.170 e. The third-order valence-corrected chi connectivity index (χ3v) is 4.24. The first kappa shape index (κ1) is 16.8. The Balaban J connectivity index is 1.95. The summed E-state index contributed by atoms with van der Waals surface area (Å²) in [5, 5.41) is 9.46. The summed E-state index contributed by atoms with van der Waals surface area (Å²) in [5.41, 5.74) is 2.61. The van der Waals surface area contributed by atoms with E-state index < -0.39 is 0 Å². The fourth-order valence-electron chi connectivity index (χ4n) is 2.91. The summed E-state index contributed by atoms with van der Waals surface area (Å²) in [6, 6.07) is 24.0. The van der Waals surface area contributed by atoms with E-state index in [4.69, 9.17) is 4.74 Å². The van der Waals surface area contributed by atoms with Crippen molar-refractivity contribution in [2.45, 2.75) is 12.3 Å². The van der Waals surface area contributed by atoms with Crippen LogP contribution in [0.1, 0.15) is 27.4 Å². The summed E-state index contributed by atoms with van der Waals surface area (Å²) < 4.78 is 5.29. The van der Waals surface area contributed by atoms with Crippen molar-refractivity contribution in [2.24, 2.45) is 0 Å². The van der Waals surface area contributed by atoms with Gasteiger partial charge < -0.3 is 9.84 Å². The minimum Gasteiger partial charge on any atom is -0.508 e. The Hall–Kier alpha value is -3.07. The smallest absolute Gasteiger partial charge is 0.170 e. The van der Waals surface area contributed by atoms with Gasteiger partial charge in [0.1, 0.15) is 11.5 Å². The highest BCUT2D eigenvalue weighted by molar-refractivity contribution is 6.01. The highest BCUT2D eigenvalue weighted by Gasteiger charge is 2.22. The Morgan fingerprint density at radius 3 is 2.36 bits per heavy atom. The SMILES string of the molecule is COc1cccc(C[C@@H](C(=O)c2ccc(O)cc2)c2ccccc2)c1. The molecule has 0 unspecified atom stereocenters. The van der Waals surface area contributed by atoms with Gasteiger partial charge in [-0.1, -0.05) is 42.5 Å². The molecule has 0 bridgehead atoms. The number of methoxy groups -OCH3 is 1. The van der Waals surface area contributed by atoms with E-state index in [-0.39, 0.29) is 17.5 Å². The Morgan fingerprint density at radius 1 is 0.960 bits per heavy atom. The molecular formula is C22H20O3. The Kier molecular flexibility index (Phi) is 5.14. The van der Waals surface area contributed by atoms with Crippen LogP contribution in [-0.2, 0) is 6.42 Å². The van der Waals surface area contributed by atoms with E-state index in [0.29, 0.717) is 12.0 Å². The number of phenols is 1. The summed E-state index contributed by atoms with van der Waals surface area (Å²) in [6.07, 6.45) is 0.584. The first-order chi connectivity index (χ1) is 12.2. The molecule has 0 heterocycles. The van der Waals surface area contributed by atoms with E-state index in [1.165, 1.54) is 0 Å². The molecule has 0 saturated carbocycles. The van der Waals surface area contributed by atoms with Crippen molar-refractivity contribution < 1.29 is 14.6 Å². The van der Waals surface area contributed by atoms with Gasteiger partial charge in [0.25, 0.3) is 0 Å². The van der Waals surface area contributed by atoms with Crippen LogP contribution < -0.4 is 4.74 Å². The quantitative estimate of drug-likeness (QED) is 0.671. The van der Waals surface area contributed by atoms with Gasteiger partial charge in [-0.25, -0.2) is 0 Å². The monoisotopic (exact) mass is 332 g/mol. The number of rotatable bonds is 6. The van der Waals surface area contributed by atoms with Crippen LogP contribution in [0.4, 0.5) is 0 Å². The molecule has 3 nitrogen and oxygen atoms in total. The molecule has 0 amide bonds. The minimum absolute atomic E-state index is 0.0361. The molecule has 0 spiro atoms. The van der Waals surface area contributed by atoms with E-state index >= 15 is 0 Å². The van der Waals surface area contributed by atoms with Crippen LogP contribution in [0.15, 0.2) is 78.9 Å². The molecule has 0 aromatic heterocycles. The predicted octanol–water partition coefficient (Wildman–Crippen LogP) is 4.61. The molecule has 0 aliphatic carbocycles. The van der Waals surface area contributed by atoms with Crippen LogP contribution in [-0.4, -0.2) is 18.0 Å². The average Bonchev–Trinajstić information content (AvgIpc) is 2.67. The van der Waals surface area contributed by atoms with Crippen LogP contribution >= 0.6 is 0 Å². The molecule has 1 N–H and O–H groups in total. The second-order valence-corrected chi connectivity index (χ2v) is 5.93. The molecule has 0 saturated heterocycles. The van der Waals surface area contributed by atoms with Crippen molar-refractivity contribution >= 4 is 5.78 Å². The highest BCUT2D eigenvalue weighted by Crippen LogP contribution is 2.27. The summed E-state index contributed by atoms with van der Waals surface area (Å²) >= 11 is 0. The number of hydrogen-bond acceptors (Lipinski definition) is 3. The van der Waals surface area contributed by atoms with Crippen molar-refractivity contribution in [2.75, 3.05) is 7.11 Å². The molecule has 0 aliphatic heterocycles. The number of carbonyl (C=O) groups excluding carboxylic acids is 1. The number of hydrogen-bond donors (Lipinski definition) is 1. The van der Waals surface area contributed by atoms with E-state index in [1.54, 1.807) is 31.4 Å². The first-order valence-corrected chi connectivity index (χ1v) is 8.18. The highest BCUT2D eigenvalue weighted by atomic mass is 16.5. The van der Waals surface area contributed by atoms with Crippen molar-refractivity contribution in [3.63, 3.8) is 0 Å². The Bertz CT molecular complexity index is 839. The van der Waals surface area contributed by atoms with Gasteiger partial charge in [0, 0.05) is 5.56 Å². The van der Waals surface area contributed by atoms with Crippen molar-refractivity contribution in [3.8, 4) is 11.5 Å². The van der Waals surface area contributed by atoms with Gasteiger partial charge in [0.15, 0.2) is 5.78 Å². The van der Waals surface area contributed by atoms with Crippen LogP contribution in [0, 0.1) is 0 Å². The fourth-order valence-corrected chi connectivity index (χ4v) is 2.91. The van der Waals surface area contributed by atoms with Crippen molar-refractivity contribution in [1.82, 2.24) is 0 Å². The van der Waals surface area contributed by atoms with E-state index in [0.717, 1.165) is 16.9 Å². The molecule has 126 valence electrons. The van der Waals surface area contributed by atoms with E-state index in [2.05, 4.69) is 0 Å². The Morgan fingerprint density at radius 2 is 1.68 bits per heavy atom. The molecule has 3 heteroatoms. The summed E-state index contributed by atoms with van der Waals surface area (Å²) in [7, 11) is 1.63. The van der Waals surface area contributed by atoms with Crippen LogP contribution in [0.25, 0.3) is 0 Å². The van der Waals surface area contributed by atoms with Crippen LogP contribution in [0.3, 0.4) is 0 Å². The molecule has 0 aliphatic rings. The number of benzene rings is 3. The largest absolute Gasteiger partial charge is 0.508 e. The number of aromatic hydroxyl groups is 1. The number of carbonyl (C=O) groups is 1. The zero-order valence-electron chi connectivity index (χ0n) is 14.1. The second kappa shape index (κ2) is 7.67. The van der Waals surface area contributed by atoms with Crippen molar-refractivity contribution in [1.29, 1.82) is 0 Å². The maximum absolute atomic E-state index is 13.1. The molecule has 3 aromatic carbocycles. The van der Waals surface area contributed by atoms with E-state index in [1.807, 2.05) is 54.6 Å². The standard InChI is InChI=1S/C22H20O3/c1-25-20-9-5-6-16(14-20)15-21(17-7-3-2-4-8-17)22(24)18-10-12-19(23)13-11-18/h2-14,21,23H,15H2,1H3/t21-/m1/s1. The minimum atomic E-state index is -0.294. The van der Waals surface area contributed by atoms with Gasteiger partial charge in [-0.05, 0) is 53.9 Å².